The number of Topliss-reactive ketones (excluding diaryl/α,β-unsaturated/α-hetero) is 2. The molecule has 0 N–H and O–H groups in total. The van der Waals surface area contributed by atoms with Crippen molar-refractivity contribution in [2.75, 3.05) is 0 Å². The van der Waals surface area contributed by atoms with Gasteiger partial charge in [0.25, 0.3) is 0 Å². The number of esters is 1. The largest absolute Gasteiger partial charge is 0.453 e. The van der Waals surface area contributed by atoms with Gasteiger partial charge in [0, 0.05) is 12.3 Å². The number of fused-ring (bicyclic) bond motifs is 2. The Morgan fingerprint density at radius 2 is 1.36 bits per heavy atom. The van der Waals surface area contributed by atoms with Crippen LogP contribution in [0.4, 0.5) is 0 Å². The second kappa shape index (κ2) is 9.14. The lowest BCUT2D eigenvalue weighted by Gasteiger charge is -2.20. The molecule has 166 valence electrons. The van der Waals surface area contributed by atoms with Crippen molar-refractivity contribution in [1.82, 2.24) is 0 Å². The number of benzene rings is 3. The zero-order valence-corrected chi connectivity index (χ0v) is 18.4. The lowest BCUT2D eigenvalue weighted by atomic mass is 9.81. The van der Waals surface area contributed by atoms with Crippen molar-refractivity contribution in [2.24, 2.45) is 5.92 Å². The number of ether oxygens (including phenoxy) is 1. The van der Waals surface area contributed by atoms with Crippen LogP contribution in [0.25, 0.3) is 0 Å². The summed E-state index contributed by atoms with van der Waals surface area (Å²) in [6.45, 7) is 0. The van der Waals surface area contributed by atoms with E-state index in [-0.39, 0.29) is 18.1 Å². The molecule has 1 fully saturated rings. The summed E-state index contributed by atoms with van der Waals surface area (Å²) in [5.41, 5.74) is 5.72. The van der Waals surface area contributed by atoms with Gasteiger partial charge in [0.15, 0.2) is 23.6 Å². The van der Waals surface area contributed by atoms with Crippen LogP contribution in [0.15, 0.2) is 78.9 Å². The van der Waals surface area contributed by atoms with E-state index in [4.69, 9.17) is 4.74 Å². The Kier molecular flexibility index (Phi) is 5.91. The molecule has 3 aromatic carbocycles. The van der Waals surface area contributed by atoms with E-state index >= 15 is 0 Å². The van der Waals surface area contributed by atoms with Gasteiger partial charge >= 0.3 is 5.97 Å². The molecule has 5 rings (SSSR count). The standard InChI is InChI=1S/C29H26O4/c30-25(27-28(31)26(33-29(27)32)17-14-19-8-2-1-3-9-19)18-24-22-12-6-4-10-20(22)15-16-21-11-5-7-13-23(21)24/h1-13,24,26-27H,14-18H2. The van der Waals surface area contributed by atoms with Crippen LogP contribution in [0.2, 0.25) is 0 Å². The highest BCUT2D eigenvalue weighted by molar-refractivity contribution is 6.21. The van der Waals surface area contributed by atoms with Crippen LogP contribution in [0, 0.1) is 5.92 Å². The Morgan fingerprint density at radius 3 is 2.00 bits per heavy atom. The molecule has 0 saturated carbocycles. The smallest absolute Gasteiger partial charge is 0.325 e. The average molecular weight is 439 g/mol. The van der Waals surface area contributed by atoms with Gasteiger partial charge in [-0.3, -0.25) is 14.4 Å². The highest BCUT2D eigenvalue weighted by atomic mass is 16.6. The number of hydrogen-bond donors (Lipinski definition) is 0. The third-order valence-electron chi connectivity index (χ3n) is 6.89. The monoisotopic (exact) mass is 438 g/mol. The molecule has 1 heterocycles. The zero-order chi connectivity index (χ0) is 22.8. The molecule has 2 atom stereocenters. The number of aryl methyl sites for hydroxylation is 3. The third-order valence-corrected chi connectivity index (χ3v) is 6.89. The summed E-state index contributed by atoms with van der Waals surface area (Å²) < 4.78 is 5.37. The summed E-state index contributed by atoms with van der Waals surface area (Å²) in [6.07, 6.45) is 2.10. The molecular weight excluding hydrogens is 412 g/mol. The minimum Gasteiger partial charge on any atom is -0.453 e. The molecule has 1 aliphatic heterocycles. The predicted octanol–water partition coefficient (Wildman–Crippen LogP) is 4.62. The van der Waals surface area contributed by atoms with Crippen molar-refractivity contribution in [2.45, 2.75) is 44.1 Å². The summed E-state index contributed by atoms with van der Waals surface area (Å²) >= 11 is 0. The van der Waals surface area contributed by atoms with Gasteiger partial charge in [-0.15, -0.1) is 0 Å². The van der Waals surface area contributed by atoms with Crippen molar-refractivity contribution in [3.05, 3.63) is 107 Å². The quantitative estimate of drug-likeness (QED) is 0.416. The number of carbonyl (C=O) groups excluding carboxylic acids is 3. The number of cyclic esters (lactones) is 1. The molecular formula is C29H26O4. The van der Waals surface area contributed by atoms with Crippen LogP contribution in [-0.4, -0.2) is 23.6 Å². The fourth-order valence-electron chi connectivity index (χ4n) is 5.18. The van der Waals surface area contributed by atoms with Crippen LogP contribution < -0.4 is 0 Å². The van der Waals surface area contributed by atoms with Gasteiger partial charge in [-0.05, 0) is 53.5 Å². The topological polar surface area (TPSA) is 60.4 Å². The van der Waals surface area contributed by atoms with E-state index in [1.54, 1.807) is 0 Å². The van der Waals surface area contributed by atoms with Gasteiger partial charge in [-0.1, -0.05) is 78.9 Å². The average Bonchev–Trinajstić information content (AvgIpc) is 3.03. The highest BCUT2D eigenvalue weighted by Crippen LogP contribution is 2.38. The molecule has 0 aromatic heterocycles. The normalized spacial score (nSPS) is 20.0. The van der Waals surface area contributed by atoms with Gasteiger partial charge in [-0.25, -0.2) is 0 Å². The molecule has 0 spiro atoms. The molecule has 4 nitrogen and oxygen atoms in total. The second-order valence-electron chi connectivity index (χ2n) is 8.91. The highest BCUT2D eigenvalue weighted by Gasteiger charge is 2.47. The van der Waals surface area contributed by atoms with Crippen molar-refractivity contribution in [3.8, 4) is 0 Å². The fourth-order valence-corrected chi connectivity index (χ4v) is 5.18. The van der Waals surface area contributed by atoms with Gasteiger partial charge in [0.1, 0.15) is 0 Å². The Balaban J connectivity index is 1.36. The SMILES string of the molecule is O=C(CC1c2ccccc2CCc2ccccc21)C1C(=O)OC(CCc2ccccc2)C1=O. The summed E-state index contributed by atoms with van der Waals surface area (Å²) in [7, 11) is 0. The molecule has 0 amide bonds. The summed E-state index contributed by atoms with van der Waals surface area (Å²) in [6, 6.07) is 26.1. The van der Waals surface area contributed by atoms with E-state index in [0.717, 1.165) is 29.5 Å². The van der Waals surface area contributed by atoms with Gasteiger partial charge in [-0.2, -0.15) is 0 Å². The first-order valence-corrected chi connectivity index (χ1v) is 11.6. The van der Waals surface area contributed by atoms with E-state index in [1.807, 2.05) is 54.6 Å². The predicted molar refractivity (Wildman–Crippen MR) is 125 cm³/mol. The molecule has 0 bridgehead atoms. The molecule has 1 saturated heterocycles. The summed E-state index contributed by atoms with van der Waals surface area (Å²) in [5, 5.41) is 0. The second-order valence-corrected chi connectivity index (χ2v) is 8.91. The number of ketones is 2. The number of rotatable bonds is 6. The Hall–Kier alpha value is -3.53. The van der Waals surface area contributed by atoms with Crippen molar-refractivity contribution >= 4 is 17.5 Å². The Labute approximate surface area is 193 Å². The van der Waals surface area contributed by atoms with E-state index in [0.29, 0.717) is 12.8 Å². The summed E-state index contributed by atoms with van der Waals surface area (Å²) in [4.78, 5) is 39.0. The van der Waals surface area contributed by atoms with Crippen molar-refractivity contribution < 1.29 is 19.1 Å². The van der Waals surface area contributed by atoms with E-state index < -0.39 is 23.8 Å². The maximum atomic E-state index is 13.4. The lowest BCUT2D eigenvalue weighted by Crippen LogP contribution is -2.29. The first-order chi connectivity index (χ1) is 16.1. The number of hydrogen-bond acceptors (Lipinski definition) is 4. The van der Waals surface area contributed by atoms with Gasteiger partial charge < -0.3 is 4.74 Å². The first-order valence-electron chi connectivity index (χ1n) is 11.6. The molecule has 4 heteroatoms. The van der Waals surface area contributed by atoms with Crippen LogP contribution >= 0.6 is 0 Å². The van der Waals surface area contributed by atoms with Gasteiger partial charge in [0.2, 0.25) is 0 Å². The number of carbonyl (C=O) groups is 3. The molecule has 33 heavy (non-hydrogen) atoms. The summed E-state index contributed by atoms with van der Waals surface area (Å²) in [5.74, 6) is -2.91. The Bertz CT molecular complexity index is 1150. The van der Waals surface area contributed by atoms with E-state index in [1.165, 1.54) is 11.1 Å². The molecule has 3 aromatic rings. The zero-order valence-electron chi connectivity index (χ0n) is 18.4. The van der Waals surface area contributed by atoms with Crippen molar-refractivity contribution in [1.29, 1.82) is 0 Å². The Morgan fingerprint density at radius 1 is 0.788 bits per heavy atom. The van der Waals surface area contributed by atoms with Crippen LogP contribution in [0.3, 0.4) is 0 Å². The first kappa shape index (κ1) is 21.3. The maximum absolute atomic E-state index is 13.4. The molecule has 0 radical (unpaired) electrons. The third kappa shape index (κ3) is 4.25. The molecule has 2 aliphatic rings. The molecule has 1 aliphatic carbocycles. The lowest BCUT2D eigenvalue weighted by molar-refractivity contribution is -0.147. The minimum absolute atomic E-state index is 0.116. The minimum atomic E-state index is -1.31. The fraction of sp³-hybridized carbons (Fsp3) is 0.276. The molecule has 2 unspecified atom stereocenters. The maximum Gasteiger partial charge on any atom is 0.325 e. The van der Waals surface area contributed by atoms with E-state index in [2.05, 4.69) is 24.3 Å². The van der Waals surface area contributed by atoms with Crippen LogP contribution in [0.1, 0.15) is 46.6 Å². The van der Waals surface area contributed by atoms with E-state index in [9.17, 15) is 14.4 Å². The van der Waals surface area contributed by atoms with Crippen LogP contribution in [-0.2, 0) is 38.4 Å². The van der Waals surface area contributed by atoms with Crippen molar-refractivity contribution in [3.63, 3.8) is 0 Å². The van der Waals surface area contributed by atoms with Crippen LogP contribution in [0.5, 0.6) is 0 Å². The van der Waals surface area contributed by atoms with Gasteiger partial charge in [0.05, 0.1) is 0 Å².